The first-order valence-corrected chi connectivity index (χ1v) is 9.58. The van der Waals surface area contributed by atoms with E-state index in [1.807, 2.05) is 39.0 Å². The second kappa shape index (κ2) is 6.56. The molecule has 4 nitrogen and oxygen atoms in total. The summed E-state index contributed by atoms with van der Waals surface area (Å²) in [5.74, 6) is 0. The number of pyridine rings is 1. The fourth-order valence-corrected chi connectivity index (χ4v) is 5.72. The monoisotopic (exact) mass is 388 g/mol. The van der Waals surface area contributed by atoms with Crippen LogP contribution in [0.25, 0.3) is 0 Å². The second-order valence-corrected chi connectivity index (χ2v) is 9.26. The molecule has 0 atom stereocenters. The van der Waals surface area contributed by atoms with Crippen molar-refractivity contribution in [1.82, 2.24) is 9.29 Å². The molecule has 0 aromatic carbocycles. The van der Waals surface area contributed by atoms with Crippen molar-refractivity contribution >= 4 is 37.3 Å². The van der Waals surface area contributed by atoms with Gasteiger partial charge in [-0.1, -0.05) is 13.0 Å². The lowest BCUT2D eigenvalue weighted by molar-refractivity contribution is 0.420. The van der Waals surface area contributed by atoms with Crippen LogP contribution in [0.3, 0.4) is 0 Å². The fraction of sp³-hybridized carbons (Fsp3) is 0.357. The number of nitrogens with zero attached hydrogens (tertiary/aromatic N) is 2. The Labute approximate surface area is 138 Å². The Bertz CT molecular complexity index is 722. The smallest absolute Gasteiger partial charge is 0.252 e. The van der Waals surface area contributed by atoms with Gasteiger partial charge in [0.15, 0.2) is 0 Å². The van der Waals surface area contributed by atoms with Gasteiger partial charge in [-0.25, -0.2) is 8.42 Å². The van der Waals surface area contributed by atoms with Crippen LogP contribution in [-0.2, 0) is 16.6 Å². The number of halogens is 1. The standard InChI is InChI=1S/C14H17BrN2O2S2/c1-4-17(9-12-7-5-6-11(3)16-12)21(18,19)13-8-10(2)14(15)20-13/h5-8H,4,9H2,1-3H3. The maximum Gasteiger partial charge on any atom is 0.252 e. The van der Waals surface area contributed by atoms with E-state index < -0.39 is 10.0 Å². The van der Waals surface area contributed by atoms with Crippen LogP contribution in [0.4, 0.5) is 0 Å². The Morgan fingerprint density at radius 3 is 2.57 bits per heavy atom. The highest BCUT2D eigenvalue weighted by molar-refractivity contribution is 9.11. The molecule has 0 amide bonds. The van der Waals surface area contributed by atoms with E-state index in [0.29, 0.717) is 10.8 Å². The number of aromatic nitrogens is 1. The summed E-state index contributed by atoms with van der Waals surface area (Å²) in [5.41, 5.74) is 2.58. The van der Waals surface area contributed by atoms with Crippen LogP contribution in [0, 0.1) is 13.8 Å². The average Bonchev–Trinajstić information content (AvgIpc) is 2.76. The molecule has 0 aliphatic heterocycles. The first kappa shape index (κ1) is 16.6. The first-order chi connectivity index (χ1) is 9.84. The van der Waals surface area contributed by atoms with Crippen molar-refractivity contribution in [3.8, 4) is 0 Å². The molecular weight excluding hydrogens is 372 g/mol. The van der Waals surface area contributed by atoms with Crippen LogP contribution in [0.15, 0.2) is 32.3 Å². The normalized spacial score (nSPS) is 12.0. The third-order valence-electron chi connectivity index (χ3n) is 3.07. The summed E-state index contributed by atoms with van der Waals surface area (Å²) in [5, 5.41) is 0. The summed E-state index contributed by atoms with van der Waals surface area (Å²) in [7, 11) is -3.48. The van der Waals surface area contributed by atoms with Gasteiger partial charge in [0.2, 0.25) is 0 Å². The number of aryl methyl sites for hydroxylation is 2. The maximum absolute atomic E-state index is 12.7. The molecule has 114 valence electrons. The molecule has 7 heteroatoms. The lowest BCUT2D eigenvalue weighted by Gasteiger charge is -2.19. The number of hydrogen-bond donors (Lipinski definition) is 0. The Balaban J connectivity index is 2.31. The molecule has 0 aliphatic rings. The number of hydrogen-bond acceptors (Lipinski definition) is 4. The molecule has 0 saturated heterocycles. The van der Waals surface area contributed by atoms with Crippen molar-refractivity contribution in [1.29, 1.82) is 0 Å². The zero-order chi connectivity index (χ0) is 15.6. The largest absolute Gasteiger partial charge is 0.257 e. The van der Waals surface area contributed by atoms with Crippen LogP contribution < -0.4 is 0 Å². The summed E-state index contributed by atoms with van der Waals surface area (Å²) in [6, 6.07) is 7.34. The van der Waals surface area contributed by atoms with Gasteiger partial charge in [0.25, 0.3) is 10.0 Å². The molecule has 2 aromatic rings. The molecule has 0 unspecified atom stereocenters. The van der Waals surface area contributed by atoms with Gasteiger partial charge in [-0.2, -0.15) is 4.31 Å². The molecule has 2 aromatic heterocycles. The Morgan fingerprint density at radius 1 is 1.33 bits per heavy atom. The predicted octanol–water partition coefficient (Wildman–Crippen LogP) is 3.73. The van der Waals surface area contributed by atoms with Crippen molar-refractivity contribution in [3.05, 3.63) is 45.0 Å². The molecular formula is C14H17BrN2O2S2. The van der Waals surface area contributed by atoms with Crippen LogP contribution in [0.1, 0.15) is 23.9 Å². The molecule has 0 radical (unpaired) electrons. The van der Waals surface area contributed by atoms with Crippen molar-refractivity contribution in [2.45, 2.75) is 31.5 Å². The number of sulfonamides is 1. The minimum atomic E-state index is -3.48. The van der Waals surface area contributed by atoms with Gasteiger partial charge in [-0.15, -0.1) is 11.3 Å². The minimum Gasteiger partial charge on any atom is -0.257 e. The van der Waals surface area contributed by atoms with E-state index in [-0.39, 0.29) is 6.54 Å². The number of rotatable bonds is 5. The van der Waals surface area contributed by atoms with E-state index in [0.717, 1.165) is 20.7 Å². The summed E-state index contributed by atoms with van der Waals surface area (Å²) in [6.45, 7) is 6.32. The molecule has 0 saturated carbocycles. The SMILES string of the molecule is CCN(Cc1cccc(C)n1)S(=O)(=O)c1cc(C)c(Br)s1. The zero-order valence-corrected chi connectivity index (χ0v) is 15.3. The average molecular weight is 389 g/mol. The Morgan fingerprint density at radius 2 is 2.05 bits per heavy atom. The molecule has 0 fully saturated rings. The summed E-state index contributed by atoms with van der Waals surface area (Å²) in [4.78, 5) is 4.38. The molecule has 0 bridgehead atoms. The third kappa shape index (κ3) is 3.71. The van der Waals surface area contributed by atoms with Crippen LogP contribution in [0.5, 0.6) is 0 Å². The molecule has 2 rings (SSSR count). The summed E-state index contributed by atoms with van der Waals surface area (Å²) < 4.78 is 28.1. The van der Waals surface area contributed by atoms with E-state index >= 15 is 0 Å². The Kier molecular flexibility index (Phi) is 5.19. The van der Waals surface area contributed by atoms with Crippen molar-refractivity contribution in [3.63, 3.8) is 0 Å². The highest BCUT2D eigenvalue weighted by atomic mass is 79.9. The van der Waals surface area contributed by atoms with Gasteiger partial charge in [0.05, 0.1) is 16.0 Å². The van der Waals surface area contributed by atoms with Crippen molar-refractivity contribution in [2.24, 2.45) is 0 Å². The highest BCUT2D eigenvalue weighted by Gasteiger charge is 2.26. The number of thiophene rings is 1. The van der Waals surface area contributed by atoms with Gasteiger partial charge >= 0.3 is 0 Å². The van der Waals surface area contributed by atoms with E-state index in [1.54, 1.807) is 6.07 Å². The third-order valence-corrected chi connectivity index (χ3v) is 7.57. The van der Waals surface area contributed by atoms with Gasteiger partial charge in [-0.3, -0.25) is 4.98 Å². The topological polar surface area (TPSA) is 50.3 Å². The fourth-order valence-electron chi connectivity index (χ4n) is 1.92. The summed E-state index contributed by atoms with van der Waals surface area (Å²) >= 11 is 4.62. The Hall–Kier alpha value is -0.760. The quantitative estimate of drug-likeness (QED) is 0.783. The predicted molar refractivity (Wildman–Crippen MR) is 89.0 cm³/mol. The van der Waals surface area contributed by atoms with Crippen molar-refractivity contribution < 1.29 is 8.42 Å². The van der Waals surface area contributed by atoms with Gasteiger partial charge in [-0.05, 0) is 53.5 Å². The second-order valence-electron chi connectivity index (χ2n) is 4.72. The van der Waals surface area contributed by atoms with Crippen LogP contribution >= 0.6 is 27.3 Å². The lowest BCUT2D eigenvalue weighted by Crippen LogP contribution is -2.30. The first-order valence-electron chi connectivity index (χ1n) is 6.53. The van der Waals surface area contributed by atoms with E-state index in [9.17, 15) is 8.42 Å². The molecule has 0 spiro atoms. The molecule has 2 heterocycles. The van der Waals surface area contributed by atoms with Crippen LogP contribution in [-0.4, -0.2) is 24.3 Å². The van der Waals surface area contributed by atoms with Gasteiger partial charge < -0.3 is 0 Å². The van der Waals surface area contributed by atoms with E-state index in [1.165, 1.54) is 15.6 Å². The lowest BCUT2D eigenvalue weighted by atomic mass is 10.3. The zero-order valence-electron chi connectivity index (χ0n) is 12.1. The maximum atomic E-state index is 12.7. The highest BCUT2D eigenvalue weighted by Crippen LogP contribution is 2.32. The molecule has 21 heavy (non-hydrogen) atoms. The van der Waals surface area contributed by atoms with Crippen molar-refractivity contribution in [2.75, 3.05) is 6.54 Å². The van der Waals surface area contributed by atoms with Gasteiger partial charge in [0.1, 0.15) is 4.21 Å². The van der Waals surface area contributed by atoms with Crippen LogP contribution in [0.2, 0.25) is 0 Å². The van der Waals surface area contributed by atoms with E-state index in [2.05, 4.69) is 20.9 Å². The van der Waals surface area contributed by atoms with E-state index in [4.69, 9.17) is 0 Å². The van der Waals surface area contributed by atoms with Gasteiger partial charge in [0, 0.05) is 12.2 Å². The summed E-state index contributed by atoms with van der Waals surface area (Å²) in [6.07, 6.45) is 0. The minimum absolute atomic E-state index is 0.287. The molecule has 0 N–H and O–H groups in total. The molecule has 0 aliphatic carbocycles.